The lowest BCUT2D eigenvalue weighted by atomic mass is 10.0. The van der Waals surface area contributed by atoms with Crippen molar-refractivity contribution in [2.24, 2.45) is 10.9 Å². The molecule has 2 fully saturated rings. The van der Waals surface area contributed by atoms with E-state index < -0.39 is 0 Å². The summed E-state index contributed by atoms with van der Waals surface area (Å²) < 4.78 is 0. The monoisotopic (exact) mass is 405 g/mol. The van der Waals surface area contributed by atoms with Gasteiger partial charge in [0, 0.05) is 62.6 Å². The molecular weight excluding hydrogens is 370 g/mol. The van der Waals surface area contributed by atoms with Crippen LogP contribution in [-0.2, 0) is 0 Å². The normalized spacial score (nSPS) is 22.1. The van der Waals surface area contributed by atoms with Crippen LogP contribution in [0.25, 0.3) is 0 Å². The van der Waals surface area contributed by atoms with Crippen molar-refractivity contribution in [2.45, 2.75) is 52.1 Å². The largest absolute Gasteiger partial charge is 0.371 e. The maximum absolute atomic E-state index is 6.21. The van der Waals surface area contributed by atoms with E-state index in [1.807, 2.05) is 13.1 Å². The van der Waals surface area contributed by atoms with Gasteiger partial charge in [0.15, 0.2) is 5.96 Å². The highest BCUT2D eigenvalue weighted by atomic mass is 35.5. The zero-order valence-corrected chi connectivity index (χ0v) is 18.6. The number of aryl methyl sites for hydroxylation is 1. The topological polar surface area (TPSA) is 42.9 Å². The molecule has 0 amide bonds. The molecule has 1 unspecified atom stereocenters. The maximum Gasteiger partial charge on any atom is 0.191 e. The number of rotatable bonds is 5. The van der Waals surface area contributed by atoms with Crippen molar-refractivity contribution in [3.63, 3.8) is 0 Å². The number of benzene rings is 1. The van der Waals surface area contributed by atoms with Crippen molar-refractivity contribution in [2.75, 3.05) is 44.7 Å². The molecule has 1 aromatic carbocycles. The van der Waals surface area contributed by atoms with E-state index in [0.717, 1.165) is 30.6 Å². The summed E-state index contributed by atoms with van der Waals surface area (Å²) in [5.41, 5.74) is 2.57. The van der Waals surface area contributed by atoms with Crippen molar-refractivity contribution in [3.8, 4) is 0 Å². The standard InChI is InChI=1S/C22H36ClN5/c1-16(2)27-11-8-20(9-12-27)26-22(24-4)25-14-18-7-10-28(15-18)21-13-19(23)6-5-17(21)3/h5-6,13,16,18,20H,7-12,14-15H2,1-4H3,(H2,24,25,26). The summed E-state index contributed by atoms with van der Waals surface area (Å²) in [6, 6.07) is 7.34. The Morgan fingerprint density at radius 3 is 2.64 bits per heavy atom. The first-order chi connectivity index (χ1) is 13.5. The third kappa shape index (κ3) is 5.54. The van der Waals surface area contributed by atoms with Crippen LogP contribution in [0.1, 0.15) is 38.7 Å². The predicted molar refractivity (Wildman–Crippen MR) is 121 cm³/mol. The minimum atomic E-state index is 0.524. The second-order valence-corrected chi connectivity index (χ2v) is 8.97. The Morgan fingerprint density at radius 2 is 1.96 bits per heavy atom. The first kappa shape index (κ1) is 21.3. The first-order valence-corrected chi connectivity index (χ1v) is 11.1. The van der Waals surface area contributed by atoms with Gasteiger partial charge < -0.3 is 20.4 Å². The van der Waals surface area contributed by atoms with Gasteiger partial charge in [0.05, 0.1) is 0 Å². The molecule has 2 aliphatic rings. The summed E-state index contributed by atoms with van der Waals surface area (Å²) in [5, 5.41) is 8.01. The average molecular weight is 406 g/mol. The fourth-order valence-electron chi connectivity index (χ4n) is 4.33. The van der Waals surface area contributed by atoms with E-state index in [9.17, 15) is 0 Å². The van der Waals surface area contributed by atoms with Crippen molar-refractivity contribution < 1.29 is 0 Å². The van der Waals surface area contributed by atoms with E-state index in [-0.39, 0.29) is 0 Å². The van der Waals surface area contributed by atoms with Gasteiger partial charge in [0.2, 0.25) is 0 Å². The van der Waals surface area contributed by atoms with Crippen LogP contribution in [-0.4, -0.2) is 62.7 Å². The van der Waals surface area contributed by atoms with Crippen molar-refractivity contribution in [3.05, 3.63) is 28.8 Å². The molecule has 1 aromatic rings. The fourth-order valence-corrected chi connectivity index (χ4v) is 4.50. The number of nitrogens with one attached hydrogen (secondary N) is 2. The van der Waals surface area contributed by atoms with Gasteiger partial charge in [-0.3, -0.25) is 4.99 Å². The first-order valence-electron chi connectivity index (χ1n) is 10.7. The van der Waals surface area contributed by atoms with E-state index in [0.29, 0.717) is 18.0 Å². The van der Waals surface area contributed by atoms with Crippen LogP contribution < -0.4 is 15.5 Å². The number of anilines is 1. The lowest BCUT2D eigenvalue weighted by molar-refractivity contribution is 0.167. The summed E-state index contributed by atoms with van der Waals surface area (Å²) in [4.78, 5) is 9.47. The van der Waals surface area contributed by atoms with Crippen molar-refractivity contribution >= 4 is 23.2 Å². The molecular formula is C22H36ClN5. The van der Waals surface area contributed by atoms with Gasteiger partial charge in [0.25, 0.3) is 0 Å². The van der Waals surface area contributed by atoms with Crippen molar-refractivity contribution in [1.29, 1.82) is 0 Å². The van der Waals surface area contributed by atoms with Crippen LogP contribution >= 0.6 is 11.6 Å². The minimum Gasteiger partial charge on any atom is -0.371 e. The van der Waals surface area contributed by atoms with Gasteiger partial charge in [-0.2, -0.15) is 0 Å². The Kier molecular flexibility index (Phi) is 7.47. The van der Waals surface area contributed by atoms with E-state index in [4.69, 9.17) is 11.6 Å². The minimum absolute atomic E-state index is 0.524. The number of aliphatic imine (C=N–C) groups is 1. The Bertz CT molecular complexity index is 667. The number of hydrogen-bond acceptors (Lipinski definition) is 3. The van der Waals surface area contributed by atoms with E-state index in [1.54, 1.807) is 0 Å². The fraction of sp³-hybridized carbons (Fsp3) is 0.682. The molecule has 156 valence electrons. The molecule has 0 saturated carbocycles. The number of halogens is 1. The molecule has 2 aliphatic heterocycles. The number of guanidine groups is 1. The molecule has 0 aliphatic carbocycles. The smallest absolute Gasteiger partial charge is 0.191 e. The Labute approximate surface area is 175 Å². The zero-order valence-electron chi connectivity index (χ0n) is 17.8. The van der Waals surface area contributed by atoms with Crippen LogP contribution in [0.4, 0.5) is 5.69 Å². The van der Waals surface area contributed by atoms with Crippen molar-refractivity contribution in [1.82, 2.24) is 15.5 Å². The molecule has 2 heterocycles. The van der Waals surface area contributed by atoms with Gasteiger partial charge in [-0.25, -0.2) is 0 Å². The van der Waals surface area contributed by atoms with Crippen LogP contribution in [0.5, 0.6) is 0 Å². The summed E-state index contributed by atoms with van der Waals surface area (Å²) >= 11 is 6.21. The quantitative estimate of drug-likeness (QED) is 0.581. The second-order valence-electron chi connectivity index (χ2n) is 8.53. The Hall–Kier alpha value is -1.46. The van der Waals surface area contributed by atoms with Crippen LogP contribution in [0.2, 0.25) is 5.02 Å². The lowest BCUT2D eigenvalue weighted by Crippen LogP contribution is -2.50. The molecule has 2 saturated heterocycles. The average Bonchev–Trinajstić information content (AvgIpc) is 3.16. The third-order valence-electron chi connectivity index (χ3n) is 6.18. The van der Waals surface area contributed by atoms with Crippen LogP contribution in [0.15, 0.2) is 23.2 Å². The Balaban J connectivity index is 1.44. The number of likely N-dealkylation sites (tertiary alicyclic amines) is 1. The molecule has 3 rings (SSSR count). The Morgan fingerprint density at radius 1 is 1.21 bits per heavy atom. The molecule has 28 heavy (non-hydrogen) atoms. The molecule has 2 N–H and O–H groups in total. The number of hydrogen-bond donors (Lipinski definition) is 2. The van der Waals surface area contributed by atoms with Crippen LogP contribution in [0, 0.1) is 12.8 Å². The van der Waals surface area contributed by atoms with E-state index in [2.05, 4.69) is 58.3 Å². The van der Waals surface area contributed by atoms with Gasteiger partial charge in [-0.1, -0.05) is 17.7 Å². The van der Waals surface area contributed by atoms with E-state index >= 15 is 0 Å². The highest BCUT2D eigenvalue weighted by Gasteiger charge is 2.25. The lowest BCUT2D eigenvalue weighted by Gasteiger charge is -2.35. The maximum atomic E-state index is 6.21. The zero-order chi connectivity index (χ0) is 20.1. The molecule has 1 atom stereocenters. The van der Waals surface area contributed by atoms with Gasteiger partial charge in [0.1, 0.15) is 0 Å². The molecule has 0 aromatic heterocycles. The molecule has 0 spiro atoms. The summed E-state index contributed by atoms with van der Waals surface area (Å²) in [5.74, 6) is 1.57. The van der Waals surface area contributed by atoms with E-state index in [1.165, 1.54) is 43.6 Å². The number of piperidine rings is 1. The SMILES string of the molecule is CN=C(NCC1CCN(c2cc(Cl)ccc2C)C1)NC1CCN(C(C)C)CC1. The highest BCUT2D eigenvalue weighted by molar-refractivity contribution is 6.30. The van der Waals surface area contributed by atoms with Gasteiger partial charge in [-0.15, -0.1) is 0 Å². The number of nitrogens with zero attached hydrogens (tertiary/aromatic N) is 3. The van der Waals surface area contributed by atoms with Gasteiger partial charge in [-0.05, 0) is 63.6 Å². The molecule has 0 radical (unpaired) electrons. The summed E-state index contributed by atoms with van der Waals surface area (Å²) in [7, 11) is 1.87. The molecule has 6 heteroatoms. The van der Waals surface area contributed by atoms with Crippen LogP contribution in [0.3, 0.4) is 0 Å². The summed E-state index contributed by atoms with van der Waals surface area (Å²) in [6.45, 7) is 12.2. The predicted octanol–water partition coefficient (Wildman–Crippen LogP) is 3.51. The molecule has 5 nitrogen and oxygen atoms in total. The highest BCUT2D eigenvalue weighted by Crippen LogP contribution is 2.29. The summed E-state index contributed by atoms with van der Waals surface area (Å²) in [6.07, 6.45) is 3.57. The van der Waals surface area contributed by atoms with Gasteiger partial charge >= 0.3 is 0 Å². The second kappa shape index (κ2) is 9.84. The third-order valence-corrected chi connectivity index (χ3v) is 6.42. The molecule has 0 bridgehead atoms.